The van der Waals surface area contributed by atoms with Crippen molar-refractivity contribution in [2.24, 2.45) is 0 Å². The number of rotatable bonds is 4. The van der Waals surface area contributed by atoms with Gasteiger partial charge in [0.15, 0.2) is 0 Å². The summed E-state index contributed by atoms with van der Waals surface area (Å²) in [6.45, 7) is 10.1. The van der Waals surface area contributed by atoms with E-state index in [4.69, 9.17) is 0 Å². The topological polar surface area (TPSA) is 6.48 Å². The van der Waals surface area contributed by atoms with Gasteiger partial charge in [-0.1, -0.05) is 0 Å². The second-order valence-corrected chi connectivity index (χ2v) is 34.4. The maximum atomic E-state index is 2.63. The normalized spacial score (nSPS) is 16.8. The molecule has 54 heavy (non-hydrogen) atoms. The fourth-order valence-electron chi connectivity index (χ4n) is 8.96. The first-order chi connectivity index (χ1) is 25.5. The zero-order valence-electron chi connectivity index (χ0n) is 30.5. The Morgan fingerprint density at radius 1 is 0.444 bits per heavy atom. The summed E-state index contributed by atoms with van der Waals surface area (Å²) in [6.07, 6.45) is 5.14. The van der Waals surface area contributed by atoms with Gasteiger partial charge in [0.1, 0.15) is 0 Å². The van der Waals surface area contributed by atoms with E-state index in [2.05, 4.69) is 182 Å². The number of fused-ring (bicyclic) bond motifs is 6. The van der Waals surface area contributed by atoms with E-state index in [9.17, 15) is 0 Å². The number of allylic oxidation sites excluding steroid dienone is 2. The molecular formula is C46H38Cl2N2S2SiZr. The van der Waals surface area contributed by atoms with Gasteiger partial charge in [-0.3, -0.25) is 0 Å². The summed E-state index contributed by atoms with van der Waals surface area (Å²) in [5, 5.41) is 0. The van der Waals surface area contributed by atoms with Crippen molar-refractivity contribution in [1.29, 1.82) is 0 Å². The van der Waals surface area contributed by atoms with Crippen molar-refractivity contribution >= 4 is 75.2 Å². The van der Waals surface area contributed by atoms with Gasteiger partial charge in [0.25, 0.3) is 0 Å². The Hall–Kier alpha value is -3.22. The van der Waals surface area contributed by atoms with E-state index in [1.165, 1.54) is 64.8 Å². The van der Waals surface area contributed by atoms with Crippen LogP contribution in [0.5, 0.6) is 0 Å². The number of hydrogen-bond donors (Lipinski definition) is 0. The molecule has 0 saturated carbocycles. The van der Waals surface area contributed by atoms with Gasteiger partial charge in [-0.05, 0) is 0 Å². The van der Waals surface area contributed by atoms with Crippen LogP contribution in [-0.4, -0.2) is 5.43 Å². The van der Waals surface area contributed by atoms with Crippen LogP contribution >= 0.6 is 23.5 Å². The number of nitrogens with zero attached hydrogens (tertiary/aromatic N) is 2. The van der Waals surface area contributed by atoms with E-state index in [1.54, 1.807) is 22.3 Å². The fraction of sp³-hybridized carbons (Fsp3) is 0.130. The Morgan fingerprint density at radius 2 is 0.759 bits per heavy atom. The predicted octanol–water partition coefficient (Wildman–Crippen LogP) is 8.05. The molecule has 0 saturated heterocycles. The Morgan fingerprint density at radius 3 is 1.09 bits per heavy atom. The van der Waals surface area contributed by atoms with Gasteiger partial charge in [0.2, 0.25) is 0 Å². The smallest absolute Gasteiger partial charge is 1.00 e. The van der Waals surface area contributed by atoms with Crippen LogP contribution in [0.4, 0.5) is 34.1 Å². The van der Waals surface area contributed by atoms with Crippen molar-refractivity contribution in [3.63, 3.8) is 0 Å². The molecule has 6 aromatic carbocycles. The largest absolute Gasteiger partial charge is 1.00 e. The van der Waals surface area contributed by atoms with Crippen LogP contribution in [0.3, 0.4) is 0 Å². The molecule has 2 aliphatic heterocycles. The molecule has 10 rings (SSSR count). The third-order valence-electron chi connectivity index (χ3n) is 11.1. The number of benzene rings is 6. The Labute approximate surface area is 347 Å². The van der Waals surface area contributed by atoms with Gasteiger partial charge in [0, 0.05) is 0 Å². The average molecular weight is 873 g/mol. The van der Waals surface area contributed by atoms with Crippen molar-refractivity contribution in [2.75, 3.05) is 9.80 Å². The summed E-state index contributed by atoms with van der Waals surface area (Å²) in [5.41, 5.74) is 16.3. The third-order valence-corrected chi connectivity index (χ3v) is 33.2. The zero-order valence-corrected chi connectivity index (χ0v) is 37.1. The van der Waals surface area contributed by atoms with Crippen molar-refractivity contribution in [3.8, 4) is 0 Å². The van der Waals surface area contributed by atoms with E-state index in [0.717, 1.165) is 0 Å². The Bertz CT molecular complexity index is 2320. The van der Waals surface area contributed by atoms with Crippen LogP contribution < -0.4 is 34.6 Å². The monoisotopic (exact) mass is 870 g/mol. The van der Waals surface area contributed by atoms with E-state index in [0.29, 0.717) is 7.25 Å². The van der Waals surface area contributed by atoms with Crippen molar-refractivity contribution in [3.05, 3.63) is 167 Å². The molecule has 0 spiro atoms. The van der Waals surface area contributed by atoms with Gasteiger partial charge in [-0.2, -0.15) is 0 Å². The van der Waals surface area contributed by atoms with Crippen molar-refractivity contribution < 1.29 is 45.2 Å². The summed E-state index contributed by atoms with van der Waals surface area (Å²) >= 11 is 1.47. The van der Waals surface area contributed by atoms with Crippen LogP contribution in [0.2, 0.25) is 13.1 Å². The van der Waals surface area contributed by atoms with Gasteiger partial charge in [-0.15, -0.1) is 0 Å². The number of hydrogen-bond acceptors (Lipinski definition) is 4. The zero-order chi connectivity index (χ0) is 35.1. The molecule has 0 bridgehead atoms. The molecule has 2 nitrogen and oxygen atoms in total. The van der Waals surface area contributed by atoms with Crippen molar-refractivity contribution in [1.82, 2.24) is 0 Å². The molecule has 0 aromatic heterocycles. The van der Waals surface area contributed by atoms with E-state index < -0.39 is 25.8 Å². The van der Waals surface area contributed by atoms with Gasteiger partial charge < -0.3 is 24.8 Å². The first-order valence-electron chi connectivity index (χ1n) is 18.1. The summed E-state index contributed by atoms with van der Waals surface area (Å²) in [7, 11) is 0. The molecule has 0 radical (unpaired) electrons. The summed E-state index contributed by atoms with van der Waals surface area (Å²) in [6, 6.07) is 50.0. The molecule has 0 N–H and O–H groups in total. The molecule has 6 aromatic rings. The Kier molecular flexibility index (Phi) is 10.5. The maximum absolute atomic E-state index is 2.63. The molecule has 2 atom stereocenters. The maximum Gasteiger partial charge on any atom is -1.00 e. The SMILES string of the molecule is CC1=Cc2c(cccc2N2c3ccccc3Sc3ccccc32)[C@@H]1[Zr+2]([C@H]1C(C)=Cc2c1cccc2N1c2ccccc2Sc2ccccc21)=[Si](C)C.[Cl-].[Cl-]. The number of halogens is 2. The molecule has 0 unspecified atom stereocenters. The molecule has 4 aliphatic rings. The summed E-state index contributed by atoms with van der Waals surface area (Å²) < 4.78 is 1.11. The van der Waals surface area contributed by atoms with Crippen LogP contribution in [0.25, 0.3) is 12.2 Å². The first kappa shape index (κ1) is 37.7. The summed E-state index contributed by atoms with van der Waals surface area (Å²) in [5.74, 6) is 0. The predicted molar refractivity (Wildman–Crippen MR) is 221 cm³/mol. The summed E-state index contributed by atoms with van der Waals surface area (Å²) in [4.78, 5) is 10.3. The number of para-hydroxylation sites is 4. The molecule has 0 fully saturated rings. The minimum atomic E-state index is -2.30. The van der Waals surface area contributed by atoms with Crippen LogP contribution in [0, 0.1) is 0 Å². The van der Waals surface area contributed by atoms with Crippen LogP contribution in [0.15, 0.2) is 164 Å². The van der Waals surface area contributed by atoms with E-state index >= 15 is 0 Å². The average Bonchev–Trinajstić information content (AvgIpc) is 3.68. The van der Waals surface area contributed by atoms with Crippen LogP contribution in [0.1, 0.15) is 43.4 Å². The standard InChI is InChI=1S/2C22H16NS.C2H6Si.2ClH.Zr/c2*1-15-13-16-7-6-10-18(17(16)14-15)23-19-8-2-4-11-21(19)24-22-12-5-3-9-20(22)23;1-3-2;;;/h2*2-14H,1H3;1-2H3;2*1H;/q;;;;;+2/p-2. The first-order valence-corrected chi connectivity index (χ1v) is 28.8. The van der Waals surface area contributed by atoms with Crippen LogP contribution in [-0.2, 0) is 20.4 Å². The van der Waals surface area contributed by atoms with Gasteiger partial charge in [0.05, 0.1) is 0 Å². The molecule has 2 aliphatic carbocycles. The molecule has 266 valence electrons. The molecular weight excluding hydrogens is 835 g/mol. The van der Waals surface area contributed by atoms with Gasteiger partial charge in [-0.25, -0.2) is 0 Å². The molecule has 0 amide bonds. The van der Waals surface area contributed by atoms with E-state index in [1.807, 2.05) is 23.5 Å². The minimum Gasteiger partial charge on any atom is -1.00 e. The van der Waals surface area contributed by atoms with Crippen molar-refractivity contribution in [2.45, 2.75) is 53.8 Å². The van der Waals surface area contributed by atoms with E-state index in [-0.39, 0.29) is 24.8 Å². The quantitative estimate of drug-likeness (QED) is 0.165. The third kappa shape index (κ3) is 5.95. The second kappa shape index (κ2) is 15.0. The second-order valence-electron chi connectivity index (χ2n) is 14.4. The van der Waals surface area contributed by atoms with Gasteiger partial charge >= 0.3 is 326 Å². The molecule has 2 heterocycles. The minimum absolute atomic E-state index is 0. The Balaban J connectivity index is 0.00000207. The molecule has 8 heteroatoms. The number of anilines is 6. The fourth-order valence-corrected chi connectivity index (χ4v) is 31.8.